The predicted molar refractivity (Wildman–Crippen MR) is 142 cm³/mol. The van der Waals surface area contributed by atoms with Crippen LogP contribution >= 0.6 is 23.2 Å². The highest BCUT2D eigenvalue weighted by atomic mass is 35.5. The van der Waals surface area contributed by atoms with E-state index in [4.69, 9.17) is 28.3 Å². The average molecular weight is 539 g/mol. The van der Waals surface area contributed by atoms with Crippen molar-refractivity contribution >= 4 is 34.9 Å². The van der Waals surface area contributed by atoms with Crippen LogP contribution in [0.15, 0.2) is 82.9 Å². The number of carboxylic acid groups (broad SMARTS) is 1. The number of pyridine rings is 1. The van der Waals surface area contributed by atoms with Crippen molar-refractivity contribution in [1.29, 1.82) is 0 Å². The summed E-state index contributed by atoms with van der Waals surface area (Å²) in [4.78, 5) is 25.6. The van der Waals surface area contributed by atoms with Crippen LogP contribution < -0.4 is 5.56 Å². The van der Waals surface area contributed by atoms with Crippen molar-refractivity contribution < 1.29 is 19.5 Å². The summed E-state index contributed by atoms with van der Waals surface area (Å²) >= 11 is 12.7. The first-order valence-corrected chi connectivity index (χ1v) is 11.9. The van der Waals surface area contributed by atoms with Gasteiger partial charge < -0.3 is 15.3 Å². The molecule has 1 heterocycles. The van der Waals surface area contributed by atoms with Crippen LogP contribution in [0.1, 0.15) is 45.0 Å². The molecule has 0 unspecified atom stereocenters. The first-order valence-electron chi connectivity index (χ1n) is 11.2. The van der Waals surface area contributed by atoms with Crippen LogP contribution in [0.25, 0.3) is 11.1 Å². The average Bonchev–Trinajstić information content (AvgIpc) is 2.87. The van der Waals surface area contributed by atoms with Gasteiger partial charge in [-0.1, -0.05) is 64.8 Å². The molecule has 6 nitrogen and oxygen atoms in total. The Bertz CT molecular complexity index is 1570. The van der Waals surface area contributed by atoms with Crippen LogP contribution in [0.2, 0.25) is 10.0 Å². The molecule has 0 saturated heterocycles. The normalized spacial score (nSPS) is 12.4. The number of hydrogen-bond acceptors (Lipinski definition) is 4. The molecule has 0 spiro atoms. The van der Waals surface area contributed by atoms with Crippen LogP contribution in [0.4, 0.5) is 4.39 Å². The minimum Gasteiger partial charge on any atom is -0.478 e. The molecule has 37 heavy (non-hydrogen) atoms. The fourth-order valence-electron chi connectivity index (χ4n) is 4.14. The maximum absolute atomic E-state index is 14.2. The molecule has 0 aliphatic heterocycles. The molecule has 0 bridgehead atoms. The minimum absolute atomic E-state index is 0.234. The number of carboxylic acids is 1. The third kappa shape index (κ3) is 5.74. The Morgan fingerprint density at radius 1 is 1.03 bits per heavy atom. The molecular weight excluding hydrogens is 518 g/mol. The summed E-state index contributed by atoms with van der Waals surface area (Å²) < 4.78 is 14.2. The highest BCUT2D eigenvalue weighted by Crippen LogP contribution is 2.36. The smallest absolute Gasteiger partial charge is 0.338 e. The number of aromatic amines is 1. The maximum atomic E-state index is 14.2. The summed E-state index contributed by atoms with van der Waals surface area (Å²) in [5.41, 5.74) is 3.53. The minimum atomic E-state index is -1.33. The summed E-state index contributed by atoms with van der Waals surface area (Å²) in [6, 6.07) is 18.0. The van der Waals surface area contributed by atoms with Gasteiger partial charge in [-0.3, -0.25) is 4.79 Å². The van der Waals surface area contributed by atoms with E-state index in [9.17, 15) is 19.2 Å². The number of benzene rings is 3. The van der Waals surface area contributed by atoms with Gasteiger partial charge in [0.05, 0.1) is 11.3 Å². The molecule has 1 aromatic heterocycles. The highest BCUT2D eigenvalue weighted by Gasteiger charge is 2.22. The number of halogens is 3. The van der Waals surface area contributed by atoms with Gasteiger partial charge in [0.2, 0.25) is 0 Å². The van der Waals surface area contributed by atoms with Crippen LogP contribution in [-0.4, -0.2) is 27.0 Å². The number of H-pyrrole nitrogens is 1. The number of aryl methyl sites for hydroxylation is 1. The number of carbonyl (C=O) groups is 1. The van der Waals surface area contributed by atoms with Gasteiger partial charge in [-0.05, 0) is 59.5 Å². The first-order chi connectivity index (χ1) is 17.7. The SMILES string of the molecule is Cc1cc(/C(C[C@@H](c2ccc(-c3ccc(C(=O)O)c(F)c3)cc2)c2ccc(Cl)cc2Cl)=N/O)c[nH]c1=O. The van der Waals surface area contributed by atoms with Crippen molar-refractivity contribution in [1.82, 2.24) is 4.98 Å². The highest BCUT2D eigenvalue weighted by molar-refractivity contribution is 6.35. The van der Waals surface area contributed by atoms with Gasteiger partial charge in [-0.2, -0.15) is 0 Å². The molecule has 0 aliphatic carbocycles. The summed E-state index contributed by atoms with van der Waals surface area (Å²) in [6.07, 6.45) is 1.73. The Morgan fingerprint density at radius 2 is 1.73 bits per heavy atom. The van der Waals surface area contributed by atoms with Crippen molar-refractivity contribution in [2.45, 2.75) is 19.3 Å². The van der Waals surface area contributed by atoms with Gasteiger partial charge in [0, 0.05) is 39.7 Å². The number of hydrogen-bond donors (Lipinski definition) is 3. The van der Waals surface area contributed by atoms with E-state index in [1.807, 2.05) is 12.1 Å². The molecule has 0 radical (unpaired) electrons. The van der Waals surface area contributed by atoms with E-state index >= 15 is 0 Å². The number of oxime groups is 1. The lowest BCUT2D eigenvalue weighted by Gasteiger charge is -2.21. The second-order valence-electron chi connectivity index (χ2n) is 8.49. The van der Waals surface area contributed by atoms with E-state index in [0.29, 0.717) is 38.0 Å². The number of nitrogens with zero attached hydrogens (tertiary/aromatic N) is 1. The second kappa shape index (κ2) is 11.0. The molecule has 4 aromatic rings. The largest absolute Gasteiger partial charge is 0.478 e. The van der Waals surface area contributed by atoms with Crippen molar-refractivity contribution in [3.8, 4) is 11.1 Å². The van der Waals surface area contributed by atoms with Crippen molar-refractivity contribution in [2.75, 3.05) is 0 Å². The lowest BCUT2D eigenvalue weighted by atomic mass is 9.85. The summed E-state index contributed by atoms with van der Waals surface area (Å²) in [5.74, 6) is -2.51. The Labute approximate surface area is 221 Å². The number of nitrogens with one attached hydrogen (secondary N) is 1. The lowest BCUT2D eigenvalue weighted by molar-refractivity contribution is 0.0692. The van der Waals surface area contributed by atoms with Gasteiger partial charge in [0.25, 0.3) is 5.56 Å². The number of aromatic carboxylic acids is 1. The topological polar surface area (TPSA) is 103 Å². The number of rotatable bonds is 7. The van der Waals surface area contributed by atoms with E-state index in [1.54, 1.807) is 49.4 Å². The molecule has 0 fully saturated rings. The van der Waals surface area contributed by atoms with E-state index in [-0.39, 0.29) is 17.9 Å². The molecule has 9 heteroatoms. The van der Waals surface area contributed by atoms with Crippen LogP contribution in [0.5, 0.6) is 0 Å². The summed E-state index contributed by atoms with van der Waals surface area (Å²) in [6.45, 7) is 1.66. The van der Waals surface area contributed by atoms with Gasteiger partial charge in [0.15, 0.2) is 0 Å². The Morgan fingerprint density at radius 3 is 2.32 bits per heavy atom. The Hall–Kier alpha value is -3.94. The fraction of sp³-hybridized carbons (Fsp3) is 0.107. The fourth-order valence-corrected chi connectivity index (χ4v) is 4.68. The third-order valence-electron chi connectivity index (χ3n) is 6.12. The predicted octanol–water partition coefficient (Wildman–Crippen LogP) is 6.89. The zero-order valence-electron chi connectivity index (χ0n) is 19.5. The summed E-state index contributed by atoms with van der Waals surface area (Å²) in [5, 5.41) is 23.3. The van der Waals surface area contributed by atoms with Gasteiger partial charge in [-0.25, -0.2) is 9.18 Å². The maximum Gasteiger partial charge on any atom is 0.338 e. The van der Waals surface area contributed by atoms with Crippen LogP contribution in [0.3, 0.4) is 0 Å². The molecule has 1 atom stereocenters. The van der Waals surface area contributed by atoms with Crippen molar-refractivity contribution in [3.05, 3.63) is 127 Å². The second-order valence-corrected chi connectivity index (χ2v) is 9.34. The Kier molecular flexibility index (Phi) is 7.76. The number of aromatic nitrogens is 1. The zero-order chi connectivity index (χ0) is 26.7. The van der Waals surface area contributed by atoms with Crippen molar-refractivity contribution in [3.63, 3.8) is 0 Å². The third-order valence-corrected chi connectivity index (χ3v) is 6.69. The van der Waals surface area contributed by atoms with E-state index < -0.39 is 17.3 Å². The molecule has 188 valence electrons. The standard InChI is InChI=1S/C28H21Cl2FN2O4/c1-15-10-19(14-32-27(15)34)26(33-37)13-23(21-9-7-20(29)12-24(21)30)17-4-2-16(3-5-17)18-6-8-22(28(35)36)25(31)11-18/h2-12,14,23,37H,13H2,1H3,(H,32,34)(H,35,36)/b33-26+/t23-/m0/s1. The molecule has 4 rings (SSSR count). The van der Waals surface area contributed by atoms with E-state index in [0.717, 1.165) is 11.1 Å². The van der Waals surface area contributed by atoms with Crippen LogP contribution in [0, 0.1) is 12.7 Å². The first kappa shape index (κ1) is 26.1. The lowest BCUT2D eigenvalue weighted by Crippen LogP contribution is -2.15. The van der Waals surface area contributed by atoms with Gasteiger partial charge in [-0.15, -0.1) is 0 Å². The van der Waals surface area contributed by atoms with Crippen molar-refractivity contribution in [2.24, 2.45) is 5.16 Å². The van der Waals surface area contributed by atoms with Crippen LogP contribution in [-0.2, 0) is 0 Å². The molecule has 3 aromatic carbocycles. The molecule has 0 amide bonds. The van der Waals surface area contributed by atoms with E-state index in [2.05, 4.69) is 10.1 Å². The molecular formula is C28H21Cl2FN2O4. The van der Waals surface area contributed by atoms with Gasteiger partial charge in [0.1, 0.15) is 5.82 Å². The van der Waals surface area contributed by atoms with Gasteiger partial charge >= 0.3 is 5.97 Å². The Balaban J connectivity index is 1.74. The molecule has 0 aliphatic rings. The summed E-state index contributed by atoms with van der Waals surface area (Å²) in [7, 11) is 0. The molecule has 0 saturated carbocycles. The monoisotopic (exact) mass is 538 g/mol. The molecule has 3 N–H and O–H groups in total. The van der Waals surface area contributed by atoms with E-state index in [1.165, 1.54) is 18.3 Å². The zero-order valence-corrected chi connectivity index (χ0v) is 21.0. The quantitative estimate of drug-likeness (QED) is 0.135.